The lowest BCUT2D eigenvalue weighted by Crippen LogP contribution is -2.14. The number of nitrogens with zero attached hydrogens (tertiary/aromatic N) is 1. The molecule has 0 saturated carbocycles. The SMILES string of the molecule is NNc1nc(NCCc2ccc(Br)s2)c(F)cc1F. The average Bonchev–Trinajstić information content (AvgIpc) is 2.78. The van der Waals surface area contributed by atoms with E-state index in [9.17, 15) is 8.78 Å². The van der Waals surface area contributed by atoms with Crippen LogP contribution in [0.15, 0.2) is 22.0 Å². The lowest BCUT2D eigenvalue weighted by Gasteiger charge is -2.08. The van der Waals surface area contributed by atoms with Crippen molar-refractivity contribution < 1.29 is 8.78 Å². The van der Waals surface area contributed by atoms with Crippen LogP contribution in [0.4, 0.5) is 20.4 Å². The predicted octanol–water partition coefficient (Wildman–Crippen LogP) is 3.12. The summed E-state index contributed by atoms with van der Waals surface area (Å²) in [5.41, 5.74) is 2.08. The van der Waals surface area contributed by atoms with E-state index in [-0.39, 0.29) is 11.6 Å². The molecule has 2 heterocycles. The van der Waals surface area contributed by atoms with Gasteiger partial charge in [0, 0.05) is 17.5 Å². The van der Waals surface area contributed by atoms with Gasteiger partial charge >= 0.3 is 0 Å². The monoisotopic (exact) mass is 348 g/mol. The molecule has 2 rings (SSSR count). The van der Waals surface area contributed by atoms with Crippen molar-refractivity contribution in [2.24, 2.45) is 5.84 Å². The van der Waals surface area contributed by atoms with E-state index in [0.29, 0.717) is 6.54 Å². The highest BCUT2D eigenvalue weighted by Gasteiger charge is 2.10. The van der Waals surface area contributed by atoms with Crippen LogP contribution in [0.3, 0.4) is 0 Å². The summed E-state index contributed by atoms with van der Waals surface area (Å²) in [7, 11) is 0. The Labute approximate surface area is 121 Å². The quantitative estimate of drug-likeness (QED) is 0.573. The number of thiophene rings is 1. The molecule has 0 spiro atoms. The highest BCUT2D eigenvalue weighted by atomic mass is 79.9. The van der Waals surface area contributed by atoms with E-state index in [1.54, 1.807) is 11.3 Å². The summed E-state index contributed by atoms with van der Waals surface area (Å²) in [4.78, 5) is 4.88. The highest BCUT2D eigenvalue weighted by molar-refractivity contribution is 9.11. The Bertz CT molecular complexity index is 576. The van der Waals surface area contributed by atoms with E-state index >= 15 is 0 Å². The molecule has 4 nitrogen and oxygen atoms in total. The van der Waals surface area contributed by atoms with Crippen LogP contribution >= 0.6 is 27.3 Å². The number of hydrogen-bond donors (Lipinski definition) is 3. The van der Waals surface area contributed by atoms with Crippen molar-refractivity contribution in [3.8, 4) is 0 Å². The zero-order chi connectivity index (χ0) is 13.8. The molecule has 2 aromatic rings. The first-order chi connectivity index (χ1) is 9.10. The van der Waals surface area contributed by atoms with E-state index in [4.69, 9.17) is 5.84 Å². The third-order valence-electron chi connectivity index (χ3n) is 2.36. The normalized spacial score (nSPS) is 10.5. The molecule has 19 heavy (non-hydrogen) atoms. The topological polar surface area (TPSA) is 63.0 Å². The number of pyridine rings is 1. The van der Waals surface area contributed by atoms with Crippen LogP contribution in [0.5, 0.6) is 0 Å². The molecule has 102 valence electrons. The first kappa shape index (κ1) is 14.2. The molecular weight excluding hydrogens is 338 g/mol. The van der Waals surface area contributed by atoms with Gasteiger partial charge in [-0.3, -0.25) is 0 Å². The maximum absolute atomic E-state index is 13.5. The Hall–Kier alpha value is -1.25. The molecule has 0 aromatic carbocycles. The molecule has 0 saturated heterocycles. The number of halogens is 3. The Morgan fingerprint density at radius 1 is 1.26 bits per heavy atom. The average molecular weight is 349 g/mol. The first-order valence-corrected chi connectivity index (χ1v) is 7.02. The molecule has 0 atom stereocenters. The van der Waals surface area contributed by atoms with Crippen molar-refractivity contribution >= 4 is 38.9 Å². The van der Waals surface area contributed by atoms with Crippen molar-refractivity contribution in [1.82, 2.24) is 4.98 Å². The van der Waals surface area contributed by atoms with Gasteiger partial charge in [0.1, 0.15) is 0 Å². The standard InChI is InChI=1S/C11H11BrF2N4S/c12-9-2-1-6(19-9)3-4-16-10-7(13)5-8(14)11(17-10)18-15/h1-2,5H,3-4,15H2,(H2,16,17,18). The molecule has 0 bridgehead atoms. The largest absolute Gasteiger partial charge is 0.367 e. The van der Waals surface area contributed by atoms with Crippen LogP contribution in [0.1, 0.15) is 4.88 Å². The van der Waals surface area contributed by atoms with Gasteiger partial charge in [-0.1, -0.05) is 0 Å². The second kappa shape index (κ2) is 6.27. The third kappa shape index (κ3) is 3.62. The molecule has 2 aromatic heterocycles. The van der Waals surface area contributed by atoms with Gasteiger partial charge < -0.3 is 10.7 Å². The van der Waals surface area contributed by atoms with E-state index in [1.165, 1.54) is 0 Å². The van der Waals surface area contributed by atoms with Crippen LogP contribution in [-0.2, 0) is 6.42 Å². The van der Waals surface area contributed by atoms with E-state index in [2.05, 4.69) is 31.7 Å². The fraction of sp³-hybridized carbons (Fsp3) is 0.182. The lowest BCUT2D eigenvalue weighted by molar-refractivity contribution is 0.578. The number of hydrogen-bond acceptors (Lipinski definition) is 5. The minimum atomic E-state index is -0.826. The van der Waals surface area contributed by atoms with Crippen LogP contribution in [0.2, 0.25) is 0 Å². The minimum Gasteiger partial charge on any atom is -0.367 e. The Kier molecular flexibility index (Phi) is 4.67. The predicted molar refractivity (Wildman–Crippen MR) is 76.2 cm³/mol. The molecule has 0 radical (unpaired) electrons. The fourth-order valence-electron chi connectivity index (χ4n) is 1.48. The lowest BCUT2D eigenvalue weighted by atomic mass is 10.3. The second-order valence-electron chi connectivity index (χ2n) is 3.68. The van der Waals surface area contributed by atoms with Gasteiger partial charge in [-0.2, -0.15) is 0 Å². The maximum atomic E-state index is 13.5. The summed E-state index contributed by atoms with van der Waals surface area (Å²) < 4.78 is 27.6. The number of rotatable bonds is 5. The summed E-state index contributed by atoms with van der Waals surface area (Å²) >= 11 is 4.98. The Balaban J connectivity index is 1.99. The number of nitrogen functional groups attached to an aromatic ring is 1. The maximum Gasteiger partial charge on any atom is 0.178 e. The zero-order valence-electron chi connectivity index (χ0n) is 9.71. The zero-order valence-corrected chi connectivity index (χ0v) is 12.1. The van der Waals surface area contributed by atoms with Crippen molar-refractivity contribution in [3.05, 3.63) is 38.5 Å². The second-order valence-corrected chi connectivity index (χ2v) is 6.22. The van der Waals surface area contributed by atoms with Gasteiger partial charge in [-0.05, 0) is 34.5 Å². The molecule has 0 aliphatic carbocycles. The van der Waals surface area contributed by atoms with Gasteiger partial charge in [0.25, 0.3) is 0 Å². The van der Waals surface area contributed by atoms with Crippen molar-refractivity contribution in [2.75, 3.05) is 17.3 Å². The van der Waals surface area contributed by atoms with Crippen LogP contribution < -0.4 is 16.6 Å². The van der Waals surface area contributed by atoms with Crippen LogP contribution in [-0.4, -0.2) is 11.5 Å². The number of nitrogens with two attached hydrogens (primary N) is 1. The van der Waals surface area contributed by atoms with Crippen molar-refractivity contribution in [2.45, 2.75) is 6.42 Å². The summed E-state index contributed by atoms with van der Waals surface area (Å²) in [6.45, 7) is 0.493. The third-order valence-corrected chi connectivity index (χ3v) is 4.04. The molecule has 4 N–H and O–H groups in total. The van der Waals surface area contributed by atoms with Crippen molar-refractivity contribution in [3.63, 3.8) is 0 Å². The smallest absolute Gasteiger partial charge is 0.178 e. The Morgan fingerprint density at radius 3 is 2.63 bits per heavy atom. The number of aromatic nitrogens is 1. The van der Waals surface area contributed by atoms with Gasteiger partial charge in [-0.25, -0.2) is 19.6 Å². The molecule has 8 heteroatoms. The highest BCUT2D eigenvalue weighted by Crippen LogP contribution is 2.23. The van der Waals surface area contributed by atoms with E-state index in [1.807, 2.05) is 12.1 Å². The number of anilines is 2. The summed E-state index contributed by atoms with van der Waals surface area (Å²) in [6.07, 6.45) is 0.722. The van der Waals surface area contributed by atoms with Gasteiger partial charge in [0.2, 0.25) is 0 Å². The molecule has 0 fully saturated rings. The van der Waals surface area contributed by atoms with E-state index < -0.39 is 11.6 Å². The first-order valence-electron chi connectivity index (χ1n) is 5.41. The summed E-state index contributed by atoms with van der Waals surface area (Å²) in [6, 6.07) is 4.68. The molecular formula is C11H11BrF2N4S. The molecule has 0 aliphatic heterocycles. The minimum absolute atomic E-state index is 0.0232. The Morgan fingerprint density at radius 2 is 2.00 bits per heavy atom. The van der Waals surface area contributed by atoms with E-state index in [0.717, 1.165) is 21.2 Å². The molecule has 0 aliphatic rings. The van der Waals surface area contributed by atoms with Gasteiger partial charge in [-0.15, -0.1) is 11.3 Å². The molecule has 0 unspecified atom stereocenters. The number of hydrazine groups is 1. The van der Waals surface area contributed by atoms with Crippen molar-refractivity contribution in [1.29, 1.82) is 0 Å². The molecule has 0 amide bonds. The summed E-state index contributed by atoms with van der Waals surface area (Å²) in [5.74, 6) is 3.30. The summed E-state index contributed by atoms with van der Waals surface area (Å²) in [5, 5.41) is 2.82. The number of nitrogens with one attached hydrogen (secondary N) is 2. The fourth-order valence-corrected chi connectivity index (χ4v) is 2.96. The van der Waals surface area contributed by atoms with Crippen LogP contribution in [0.25, 0.3) is 0 Å². The van der Waals surface area contributed by atoms with Crippen LogP contribution in [0, 0.1) is 11.6 Å². The van der Waals surface area contributed by atoms with Gasteiger partial charge in [0.05, 0.1) is 3.79 Å². The van der Waals surface area contributed by atoms with Gasteiger partial charge in [0.15, 0.2) is 23.3 Å².